The van der Waals surface area contributed by atoms with Crippen molar-refractivity contribution in [1.29, 1.82) is 0 Å². The molecule has 0 radical (unpaired) electrons. The SMILES string of the molecule is CSCC[C@H](N)C(=O)Nc1ccc(CCO)cc1. The molecule has 100 valence electrons. The lowest BCUT2D eigenvalue weighted by molar-refractivity contribution is -0.117. The molecular weight excluding hydrogens is 248 g/mol. The molecule has 0 fully saturated rings. The maximum Gasteiger partial charge on any atom is 0.241 e. The van der Waals surface area contributed by atoms with E-state index in [0.717, 1.165) is 17.0 Å². The molecule has 0 spiro atoms. The Labute approximate surface area is 112 Å². The number of nitrogens with one attached hydrogen (secondary N) is 1. The van der Waals surface area contributed by atoms with Crippen molar-refractivity contribution in [3.05, 3.63) is 29.8 Å². The molecule has 0 saturated carbocycles. The minimum atomic E-state index is -0.463. The summed E-state index contributed by atoms with van der Waals surface area (Å²) in [5.41, 5.74) is 7.55. The zero-order valence-corrected chi connectivity index (χ0v) is 11.4. The number of anilines is 1. The lowest BCUT2D eigenvalue weighted by Gasteiger charge is -2.11. The van der Waals surface area contributed by atoms with Gasteiger partial charge in [0.2, 0.25) is 5.91 Å². The first-order valence-corrected chi connectivity index (χ1v) is 7.32. The van der Waals surface area contributed by atoms with Gasteiger partial charge in [0.05, 0.1) is 6.04 Å². The molecule has 1 rings (SSSR count). The van der Waals surface area contributed by atoms with E-state index in [0.29, 0.717) is 12.8 Å². The fraction of sp³-hybridized carbons (Fsp3) is 0.462. The minimum Gasteiger partial charge on any atom is -0.396 e. The summed E-state index contributed by atoms with van der Waals surface area (Å²) in [6.07, 6.45) is 3.29. The Kier molecular flexibility index (Phi) is 6.78. The van der Waals surface area contributed by atoms with Gasteiger partial charge < -0.3 is 16.2 Å². The van der Waals surface area contributed by atoms with Crippen LogP contribution in [0.25, 0.3) is 0 Å². The van der Waals surface area contributed by atoms with Crippen molar-refractivity contribution in [3.8, 4) is 0 Å². The molecule has 1 aromatic carbocycles. The first-order chi connectivity index (χ1) is 8.67. The monoisotopic (exact) mass is 268 g/mol. The van der Waals surface area contributed by atoms with Crippen molar-refractivity contribution in [1.82, 2.24) is 0 Å². The highest BCUT2D eigenvalue weighted by Crippen LogP contribution is 2.11. The molecular formula is C13H20N2O2S. The van der Waals surface area contributed by atoms with Crippen LogP contribution in [0.4, 0.5) is 5.69 Å². The number of nitrogens with two attached hydrogens (primary N) is 1. The Morgan fingerprint density at radius 1 is 1.44 bits per heavy atom. The number of hydrogen-bond acceptors (Lipinski definition) is 4. The third kappa shape index (κ3) is 5.08. The molecule has 0 aliphatic carbocycles. The van der Waals surface area contributed by atoms with Crippen molar-refractivity contribution in [2.24, 2.45) is 5.73 Å². The van der Waals surface area contributed by atoms with Crippen LogP contribution in [-0.4, -0.2) is 35.7 Å². The fourth-order valence-corrected chi connectivity index (χ4v) is 1.98. The largest absolute Gasteiger partial charge is 0.396 e. The van der Waals surface area contributed by atoms with E-state index in [4.69, 9.17) is 10.8 Å². The standard InChI is InChI=1S/C13H20N2O2S/c1-18-9-7-12(14)13(17)15-11-4-2-10(3-5-11)6-8-16/h2-5,12,16H,6-9,14H2,1H3,(H,15,17)/t12-/m0/s1. The van der Waals surface area contributed by atoms with Crippen LogP contribution in [0.15, 0.2) is 24.3 Å². The van der Waals surface area contributed by atoms with E-state index in [1.165, 1.54) is 0 Å². The number of hydrogen-bond donors (Lipinski definition) is 3. The fourth-order valence-electron chi connectivity index (χ4n) is 1.49. The van der Waals surface area contributed by atoms with Crippen LogP contribution in [0, 0.1) is 0 Å². The Morgan fingerprint density at radius 3 is 2.67 bits per heavy atom. The molecule has 18 heavy (non-hydrogen) atoms. The van der Waals surface area contributed by atoms with Crippen LogP contribution in [-0.2, 0) is 11.2 Å². The third-order valence-electron chi connectivity index (χ3n) is 2.59. The predicted octanol–water partition coefficient (Wildman–Crippen LogP) is 1.24. The maximum atomic E-state index is 11.7. The molecule has 0 unspecified atom stereocenters. The summed E-state index contributed by atoms with van der Waals surface area (Å²) < 4.78 is 0. The minimum absolute atomic E-state index is 0.130. The second-order valence-electron chi connectivity index (χ2n) is 4.05. The van der Waals surface area contributed by atoms with E-state index in [-0.39, 0.29) is 12.5 Å². The predicted molar refractivity (Wildman–Crippen MR) is 76.8 cm³/mol. The zero-order chi connectivity index (χ0) is 13.4. The van der Waals surface area contributed by atoms with Gasteiger partial charge in [0, 0.05) is 12.3 Å². The van der Waals surface area contributed by atoms with Crippen molar-refractivity contribution in [2.45, 2.75) is 18.9 Å². The summed E-state index contributed by atoms with van der Waals surface area (Å²) in [7, 11) is 0. The van der Waals surface area contributed by atoms with Crippen LogP contribution >= 0.6 is 11.8 Å². The number of aliphatic hydroxyl groups is 1. The molecule has 4 N–H and O–H groups in total. The summed E-state index contributed by atoms with van der Waals surface area (Å²) >= 11 is 1.68. The number of benzene rings is 1. The third-order valence-corrected chi connectivity index (χ3v) is 3.24. The second-order valence-corrected chi connectivity index (χ2v) is 5.03. The van der Waals surface area contributed by atoms with E-state index in [2.05, 4.69) is 5.32 Å². The molecule has 0 aliphatic heterocycles. The highest BCUT2D eigenvalue weighted by molar-refractivity contribution is 7.98. The van der Waals surface area contributed by atoms with Gasteiger partial charge in [-0.15, -0.1) is 0 Å². The Hall–Kier alpha value is -1.04. The highest BCUT2D eigenvalue weighted by Gasteiger charge is 2.12. The maximum absolute atomic E-state index is 11.7. The summed E-state index contributed by atoms with van der Waals surface area (Å²) in [4.78, 5) is 11.7. The second kappa shape index (κ2) is 8.13. The van der Waals surface area contributed by atoms with E-state index in [1.54, 1.807) is 11.8 Å². The van der Waals surface area contributed by atoms with E-state index in [1.807, 2.05) is 30.5 Å². The van der Waals surface area contributed by atoms with E-state index >= 15 is 0 Å². The van der Waals surface area contributed by atoms with E-state index < -0.39 is 6.04 Å². The molecule has 0 aromatic heterocycles. The summed E-state index contributed by atoms with van der Waals surface area (Å²) in [6.45, 7) is 0.130. The van der Waals surface area contributed by atoms with Crippen molar-refractivity contribution < 1.29 is 9.90 Å². The highest BCUT2D eigenvalue weighted by atomic mass is 32.2. The van der Waals surface area contributed by atoms with Gasteiger partial charge in [-0.05, 0) is 42.5 Å². The van der Waals surface area contributed by atoms with Gasteiger partial charge in [0.1, 0.15) is 0 Å². The molecule has 1 amide bonds. The van der Waals surface area contributed by atoms with Crippen molar-refractivity contribution in [2.75, 3.05) is 23.9 Å². The normalized spacial score (nSPS) is 12.2. The zero-order valence-electron chi connectivity index (χ0n) is 10.6. The van der Waals surface area contributed by atoms with Crippen molar-refractivity contribution >= 4 is 23.4 Å². The lowest BCUT2D eigenvalue weighted by Crippen LogP contribution is -2.36. The number of rotatable bonds is 7. The Balaban J connectivity index is 2.48. The molecule has 5 heteroatoms. The topological polar surface area (TPSA) is 75.4 Å². The van der Waals surface area contributed by atoms with Gasteiger partial charge in [-0.2, -0.15) is 11.8 Å². The van der Waals surface area contributed by atoms with Gasteiger partial charge in [-0.3, -0.25) is 4.79 Å². The van der Waals surface area contributed by atoms with Crippen molar-refractivity contribution in [3.63, 3.8) is 0 Å². The molecule has 0 heterocycles. The lowest BCUT2D eigenvalue weighted by atomic mass is 10.1. The van der Waals surface area contributed by atoms with Crippen LogP contribution in [0.3, 0.4) is 0 Å². The summed E-state index contributed by atoms with van der Waals surface area (Å²) in [6, 6.07) is 6.96. The Morgan fingerprint density at radius 2 is 2.11 bits per heavy atom. The molecule has 0 aliphatic rings. The van der Waals surface area contributed by atoms with Gasteiger partial charge >= 0.3 is 0 Å². The summed E-state index contributed by atoms with van der Waals surface area (Å²) in [5, 5.41) is 11.6. The Bertz CT molecular complexity index is 368. The van der Waals surface area contributed by atoms with Crippen LogP contribution in [0.2, 0.25) is 0 Å². The summed E-state index contributed by atoms with van der Waals surface area (Å²) in [5.74, 6) is 0.725. The van der Waals surface area contributed by atoms with Crippen LogP contribution in [0.1, 0.15) is 12.0 Å². The number of amides is 1. The van der Waals surface area contributed by atoms with Gasteiger partial charge in [-0.1, -0.05) is 12.1 Å². The number of carbonyl (C=O) groups is 1. The average Bonchev–Trinajstić information content (AvgIpc) is 2.38. The molecule has 4 nitrogen and oxygen atoms in total. The van der Waals surface area contributed by atoms with Crippen LogP contribution in [0.5, 0.6) is 0 Å². The number of aliphatic hydroxyl groups excluding tert-OH is 1. The van der Waals surface area contributed by atoms with Gasteiger partial charge in [0.25, 0.3) is 0 Å². The molecule has 1 aromatic rings. The average molecular weight is 268 g/mol. The van der Waals surface area contributed by atoms with E-state index in [9.17, 15) is 4.79 Å². The molecule has 0 bridgehead atoms. The first kappa shape index (κ1) is 15.0. The van der Waals surface area contributed by atoms with Gasteiger partial charge in [0.15, 0.2) is 0 Å². The first-order valence-electron chi connectivity index (χ1n) is 5.92. The van der Waals surface area contributed by atoms with Gasteiger partial charge in [-0.25, -0.2) is 0 Å². The molecule has 0 saturated heterocycles. The number of carbonyl (C=O) groups excluding carboxylic acids is 1. The quantitative estimate of drug-likeness (QED) is 0.695. The smallest absolute Gasteiger partial charge is 0.241 e. The number of thioether (sulfide) groups is 1. The molecule has 1 atom stereocenters. The van der Waals surface area contributed by atoms with Crippen LogP contribution < -0.4 is 11.1 Å².